The van der Waals surface area contributed by atoms with Crippen molar-refractivity contribution < 1.29 is 27.4 Å². The van der Waals surface area contributed by atoms with E-state index in [1.165, 1.54) is 0 Å². The lowest BCUT2D eigenvalue weighted by atomic mass is 9.76. The van der Waals surface area contributed by atoms with Crippen molar-refractivity contribution in [3.63, 3.8) is 0 Å². The molecule has 22 heavy (non-hydrogen) atoms. The molecular formula is C15H16BrF3O3. The fraction of sp³-hybridized carbons (Fsp3) is 0.600. The van der Waals surface area contributed by atoms with E-state index in [-0.39, 0.29) is 13.2 Å². The van der Waals surface area contributed by atoms with Crippen LogP contribution in [0.5, 0.6) is 0 Å². The Morgan fingerprint density at radius 3 is 2.27 bits per heavy atom. The Morgan fingerprint density at radius 1 is 1.18 bits per heavy atom. The standard InChI is InChI=1S/C15H16BrF3O3/c1-2-7-13-8-20-15(21-9-13,22-12(13)14(17,18)19)10-3-5-11(16)6-4-10/h3-6,12H,2,7-9H2,1H3. The molecule has 1 aromatic carbocycles. The molecule has 0 spiro atoms. The monoisotopic (exact) mass is 380 g/mol. The minimum atomic E-state index is -4.46. The summed E-state index contributed by atoms with van der Waals surface area (Å²) in [6.07, 6.45) is -5.39. The topological polar surface area (TPSA) is 27.7 Å². The lowest BCUT2D eigenvalue weighted by molar-refractivity contribution is -0.524. The van der Waals surface area contributed by atoms with Gasteiger partial charge < -0.3 is 14.2 Å². The van der Waals surface area contributed by atoms with Crippen molar-refractivity contribution >= 4 is 15.9 Å². The Balaban J connectivity index is 1.96. The van der Waals surface area contributed by atoms with Gasteiger partial charge >= 0.3 is 12.1 Å². The van der Waals surface area contributed by atoms with Crippen LogP contribution in [0.2, 0.25) is 0 Å². The van der Waals surface area contributed by atoms with E-state index in [1.54, 1.807) is 24.3 Å². The highest BCUT2D eigenvalue weighted by Gasteiger charge is 2.66. The van der Waals surface area contributed by atoms with Crippen LogP contribution in [0.15, 0.2) is 28.7 Å². The molecule has 3 heterocycles. The van der Waals surface area contributed by atoms with Gasteiger partial charge in [-0.3, -0.25) is 0 Å². The van der Waals surface area contributed by atoms with Crippen LogP contribution in [0.25, 0.3) is 0 Å². The molecule has 3 saturated heterocycles. The molecule has 7 heteroatoms. The lowest BCUT2D eigenvalue weighted by Crippen LogP contribution is -2.66. The minimum absolute atomic E-state index is 0.0267. The van der Waals surface area contributed by atoms with Gasteiger partial charge in [-0.15, -0.1) is 0 Å². The average Bonchev–Trinajstić information content (AvgIpc) is 2.48. The molecule has 0 N–H and O–H groups in total. The molecule has 0 amide bonds. The molecule has 122 valence electrons. The van der Waals surface area contributed by atoms with Crippen molar-refractivity contribution in [3.05, 3.63) is 34.3 Å². The number of benzene rings is 1. The van der Waals surface area contributed by atoms with Crippen molar-refractivity contribution in [2.75, 3.05) is 13.2 Å². The summed E-state index contributed by atoms with van der Waals surface area (Å²) in [6, 6.07) is 6.70. The molecule has 2 bridgehead atoms. The first-order chi connectivity index (χ1) is 10.3. The summed E-state index contributed by atoms with van der Waals surface area (Å²) in [5, 5.41) is 0. The molecule has 4 rings (SSSR count). The fourth-order valence-corrected chi connectivity index (χ4v) is 3.40. The van der Waals surface area contributed by atoms with E-state index in [0.29, 0.717) is 18.4 Å². The SMILES string of the molecule is CCCC12COC(c3ccc(Br)cc3)(OC1)OC2C(F)(F)F. The van der Waals surface area contributed by atoms with Crippen LogP contribution in [-0.2, 0) is 20.2 Å². The van der Waals surface area contributed by atoms with Gasteiger partial charge in [0.05, 0.1) is 18.6 Å². The van der Waals surface area contributed by atoms with Crippen molar-refractivity contribution in [1.29, 1.82) is 0 Å². The quantitative estimate of drug-likeness (QED) is 0.779. The van der Waals surface area contributed by atoms with Crippen LogP contribution in [0.1, 0.15) is 25.3 Å². The molecule has 1 unspecified atom stereocenters. The maximum Gasteiger partial charge on any atom is 0.415 e. The highest BCUT2D eigenvalue weighted by atomic mass is 79.9. The van der Waals surface area contributed by atoms with E-state index in [0.717, 1.165) is 4.47 Å². The van der Waals surface area contributed by atoms with Crippen LogP contribution < -0.4 is 0 Å². The van der Waals surface area contributed by atoms with Gasteiger partial charge in [-0.25, -0.2) is 0 Å². The highest BCUT2D eigenvalue weighted by Crippen LogP contribution is 2.54. The number of hydrogen-bond donors (Lipinski definition) is 0. The predicted octanol–water partition coefficient (Wildman–Crippen LogP) is 4.35. The van der Waals surface area contributed by atoms with Crippen LogP contribution in [-0.4, -0.2) is 25.5 Å². The van der Waals surface area contributed by atoms with E-state index in [1.807, 2.05) is 6.92 Å². The van der Waals surface area contributed by atoms with Gasteiger partial charge in [0.2, 0.25) is 0 Å². The number of halogens is 4. The smallest absolute Gasteiger partial charge is 0.323 e. The first-order valence-corrected chi connectivity index (χ1v) is 7.89. The Labute approximate surface area is 134 Å². The van der Waals surface area contributed by atoms with Crippen LogP contribution in [0.3, 0.4) is 0 Å². The first kappa shape index (κ1) is 16.2. The third kappa shape index (κ3) is 2.58. The Kier molecular flexibility index (Phi) is 4.04. The molecule has 1 atom stereocenters. The molecule has 1 aromatic rings. The second kappa shape index (κ2) is 5.47. The largest absolute Gasteiger partial charge is 0.415 e. The zero-order valence-electron chi connectivity index (χ0n) is 12.0. The van der Waals surface area contributed by atoms with Gasteiger partial charge in [0, 0.05) is 10.0 Å². The molecule has 3 aliphatic heterocycles. The number of fused-ring (bicyclic) bond motifs is 3. The molecule has 0 radical (unpaired) electrons. The normalized spacial score (nSPS) is 34.9. The summed E-state index contributed by atoms with van der Waals surface area (Å²) < 4.78 is 57.8. The summed E-state index contributed by atoms with van der Waals surface area (Å²) in [7, 11) is 0. The van der Waals surface area contributed by atoms with Gasteiger partial charge in [-0.05, 0) is 30.7 Å². The van der Waals surface area contributed by atoms with Crippen LogP contribution >= 0.6 is 15.9 Å². The first-order valence-electron chi connectivity index (χ1n) is 7.10. The van der Waals surface area contributed by atoms with Crippen molar-refractivity contribution in [2.24, 2.45) is 5.41 Å². The van der Waals surface area contributed by atoms with Gasteiger partial charge in [-0.2, -0.15) is 13.2 Å². The Morgan fingerprint density at radius 2 is 1.77 bits per heavy atom. The molecule has 3 aliphatic rings. The fourth-order valence-electron chi connectivity index (χ4n) is 3.14. The zero-order chi connectivity index (χ0) is 16.0. The second-order valence-corrected chi connectivity index (χ2v) is 6.71. The van der Waals surface area contributed by atoms with Gasteiger partial charge in [0.25, 0.3) is 0 Å². The van der Waals surface area contributed by atoms with Crippen LogP contribution in [0.4, 0.5) is 13.2 Å². The van der Waals surface area contributed by atoms with E-state index in [4.69, 9.17) is 14.2 Å². The Hall–Kier alpha value is -0.630. The third-order valence-corrected chi connectivity index (χ3v) is 4.70. The van der Waals surface area contributed by atoms with E-state index < -0.39 is 23.7 Å². The zero-order valence-corrected chi connectivity index (χ0v) is 13.5. The van der Waals surface area contributed by atoms with Gasteiger partial charge in [0.1, 0.15) is 0 Å². The summed E-state index contributed by atoms with van der Waals surface area (Å²) >= 11 is 3.29. The number of ether oxygens (including phenoxy) is 3. The van der Waals surface area contributed by atoms with Crippen LogP contribution in [0, 0.1) is 5.41 Å². The van der Waals surface area contributed by atoms with Crippen molar-refractivity contribution in [1.82, 2.24) is 0 Å². The van der Waals surface area contributed by atoms with E-state index in [2.05, 4.69) is 15.9 Å². The predicted molar refractivity (Wildman–Crippen MR) is 76.0 cm³/mol. The average molecular weight is 381 g/mol. The molecule has 0 saturated carbocycles. The van der Waals surface area contributed by atoms with Crippen molar-refractivity contribution in [2.45, 2.75) is 38.0 Å². The number of alkyl halides is 3. The number of hydrogen-bond acceptors (Lipinski definition) is 3. The van der Waals surface area contributed by atoms with E-state index in [9.17, 15) is 13.2 Å². The maximum absolute atomic E-state index is 13.5. The summed E-state index contributed by atoms with van der Waals surface area (Å²) in [4.78, 5) is 0. The van der Waals surface area contributed by atoms with Crippen molar-refractivity contribution in [3.8, 4) is 0 Å². The molecule has 0 aromatic heterocycles. The van der Waals surface area contributed by atoms with Gasteiger partial charge in [-0.1, -0.05) is 29.3 Å². The number of rotatable bonds is 3. The second-order valence-electron chi connectivity index (χ2n) is 5.79. The molecule has 0 aliphatic carbocycles. The summed E-state index contributed by atoms with van der Waals surface area (Å²) in [5.74, 6) is -1.77. The Bertz CT molecular complexity index is 536. The molecular weight excluding hydrogens is 365 g/mol. The lowest BCUT2D eigenvalue weighted by Gasteiger charge is -2.56. The molecule has 3 nitrogen and oxygen atoms in total. The van der Waals surface area contributed by atoms with Gasteiger partial charge in [0.15, 0.2) is 6.10 Å². The third-order valence-electron chi connectivity index (χ3n) is 4.17. The summed E-state index contributed by atoms with van der Waals surface area (Å²) in [6.45, 7) is 1.79. The molecule has 3 fully saturated rings. The maximum atomic E-state index is 13.5. The van der Waals surface area contributed by atoms with E-state index >= 15 is 0 Å². The summed E-state index contributed by atoms with van der Waals surface area (Å²) in [5.41, 5.74) is -0.737. The highest BCUT2D eigenvalue weighted by molar-refractivity contribution is 9.10. The minimum Gasteiger partial charge on any atom is -0.323 e.